The summed E-state index contributed by atoms with van der Waals surface area (Å²) >= 11 is 3.15. The maximum absolute atomic E-state index is 13.6. The van der Waals surface area contributed by atoms with Gasteiger partial charge >= 0.3 is 0 Å². The highest BCUT2D eigenvalue weighted by molar-refractivity contribution is 9.10. The van der Waals surface area contributed by atoms with E-state index >= 15 is 0 Å². The van der Waals surface area contributed by atoms with E-state index in [1.165, 1.54) is 12.1 Å². The van der Waals surface area contributed by atoms with Crippen LogP contribution in [0.4, 0.5) is 4.39 Å². The number of benzene rings is 1. The van der Waals surface area contributed by atoms with Crippen LogP contribution in [0.2, 0.25) is 0 Å². The molecular weight excluding hydrogens is 349 g/mol. The van der Waals surface area contributed by atoms with Crippen molar-refractivity contribution in [3.8, 4) is 0 Å². The average molecular weight is 366 g/mol. The Morgan fingerprint density at radius 3 is 2.75 bits per heavy atom. The fraction of sp³-hybridized carbons (Fsp3) is 0.500. The fourth-order valence-corrected chi connectivity index (χ4v) is 3.67. The van der Waals surface area contributed by atoms with E-state index in [-0.39, 0.29) is 11.4 Å². The molecule has 0 aliphatic carbocycles. The first-order valence-electron chi connectivity index (χ1n) is 6.37. The summed E-state index contributed by atoms with van der Waals surface area (Å²) < 4.78 is 40.6. The molecule has 8 heteroatoms. The zero-order valence-corrected chi connectivity index (χ0v) is 13.3. The lowest BCUT2D eigenvalue weighted by molar-refractivity contribution is 0.245. The molecule has 5 nitrogen and oxygen atoms in total. The van der Waals surface area contributed by atoms with Crippen LogP contribution in [-0.2, 0) is 10.0 Å². The molecule has 0 saturated carbocycles. The van der Waals surface area contributed by atoms with Gasteiger partial charge in [0.1, 0.15) is 10.7 Å². The molecule has 1 aliphatic heterocycles. The minimum Gasteiger partial charge on any atom is -0.314 e. The summed E-state index contributed by atoms with van der Waals surface area (Å²) in [5.74, 6) is -0.747. The summed E-state index contributed by atoms with van der Waals surface area (Å²) in [6.45, 7) is 4.50. The highest BCUT2D eigenvalue weighted by Gasteiger charge is 2.19. The zero-order valence-electron chi connectivity index (χ0n) is 10.9. The monoisotopic (exact) mass is 365 g/mol. The number of sulfonamides is 1. The summed E-state index contributed by atoms with van der Waals surface area (Å²) in [6.07, 6.45) is 0. The average Bonchev–Trinajstić information content (AvgIpc) is 2.42. The summed E-state index contributed by atoms with van der Waals surface area (Å²) in [7, 11) is -3.81. The van der Waals surface area contributed by atoms with Crippen LogP contribution in [0.3, 0.4) is 0 Å². The Hall–Kier alpha value is -0.540. The molecule has 1 aliphatic rings. The quantitative estimate of drug-likeness (QED) is 0.808. The molecule has 1 saturated heterocycles. The summed E-state index contributed by atoms with van der Waals surface area (Å²) in [5.41, 5.74) is 0. The number of halogens is 2. The van der Waals surface area contributed by atoms with Gasteiger partial charge in [-0.15, -0.1) is 0 Å². The normalized spacial score (nSPS) is 17.3. The molecule has 0 bridgehead atoms. The second-order valence-corrected chi connectivity index (χ2v) is 7.22. The molecule has 0 spiro atoms. The Bertz CT molecular complexity index is 562. The number of piperazine rings is 1. The van der Waals surface area contributed by atoms with Crippen LogP contribution in [0.15, 0.2) is 27.6 Å². The summed E-state index contributed by atoms with van der Waals surface area (Å²) in [6, 6.07) is 3.87. The van der Waals surface area contributed by atoms with Gasteiger partial charge in [0.25, 0.3) is 0 Å². The van der Waals surface area contributed by atoms with Crippen LogP contribution in [-0.4, -0.2) is 52.6 Å². The third-order valence-electron chi connectivity index (χ3n) is 3.11. The Labute approximate surface area is 126 Å². The minimum atomic E-state index is -3.81. The number of hydrogen-bond acceptors (Lipinski definition) is 4. The van der Waals surface area contributed by atoms with E-state index in [1.54, 1.807) is 0 Å². The Balaban J connectivity index is 1.95. The van der Waals surface area contributed by atoms with Crippen molar-refractivity contribution in [2.75, 3.05) is 39.3 Å². The summed E-state index contributed by atoms with van der Waals surface area (Å²) in [4.78, 5) is 1.84. The van der Waals surface area contributed by atoms with Gasteiger partial charge in [0.2, 0.25) is 10.0 Å². The highest BCUT2D eigenvalue weighted by atomic mass is 79.9. The molecule has 0 aromatic heterocycles. The largest absolute Gasteiger partial charge is 0.314 e. The molecule has 0 unspecified atom stereocenters. The van der Waals surface area contributed by atoms with Gasteiger partial charge in [0, 0.05) is 43.7 Å². The molecule has 2 rings (SSSR count). The lowest BCUT2D eigenvalue weighted by Gasteiger charge is -2.27. The molecule has 0 radical (unpaired) electrons. The molecular formula is C12H17BrFN3O2S. The van der Waals surface area contributed by atoms with Gasteiger partial charge in [-0.1, -0.05) is 15.9 Å². The van der Waals surface area contributed by atoms with Crippen LogP contribution < -0.4 is 10.0 Å². The third kappa shape index (κ3) is 4.23. The molecule has 1 fully saturated rings. The molecule has 2 N–H and O–H groups in total. The number of rotatable bonds is 5. The van der Waals surface area contributed by atoms with Crippen LogP contribution in [0.5, 0.6) is 0 Å². The molecule has 0 atom stereocenters. The van der Waals surface area contributed by atoms with Gasteiger partial charge in [0.15, 0.2) is 0 Å². The third-order valence-corrected chi connectivity index (χ3v) is 5.08. The lowest BCUT2D eigenvalue weighted by atomic mass is 10.3. The first kappa shape index (κ1) is 15.8. The van der Waals surface area contributed by atoms with Gasteiger partial charge in [-0.05, 0) is 18.2 Å². The van der Waals surface area contributed by atoms with E-state index in [0.29, 0.717) is 11.0 Å². The van der Waals surface area contributed by atoms with E-state index in [4.69, 9.17) is 0 Å². The van der Waals surface area contributed by atoms with Gasteiger partial charge in [-0.25, -0.2) is 17.5 Å². The van der Waals surface area contributed by atoms with Gasteiger partial charge in [-0.3, -0.25) is 4.90 Å². The van der Waals surface area contributed by atoms with Crippen molar-refractivity contribution in [3.63, 3.8) is 0 Å². The Kier molecular flexibility index (Phi) is 5.50. The lowest BCUT2D eigenvalue weighted by Crippen LogP contribution is -2.46. The van der Waals surface area contributed by atoms with Gasteiger partial charge < -0.3 is 5.32 Å². The number of hydrogen-bond donors (Lipinski definition) is 2. The number of nitrogens with one attached hydrogen (secondary N) is 2. The van der Waals surface area contributed by atoms with Crippen LogP contribution in [0, 0.1) is 5.82 Å². The van der Waals surface area contributed by atoms with Crippen molar-refractivity contribution in [2.24, 2.45) is 0 Å². The van der Waals surface area contributed by atoms with Gasteiger partial charge in [0.05, 0.1) is 0 Å². The zero-order chi connectivity index (χ0) is 14.6. The predicted molar refractivity (Wildman–Crippen MR) is 78.6 cm³/mol. The molecule has 1 aromatic rings. The smallest absolute Gasteiger partial charge is 0.243 e. The van der Waals surface area contributed by atoms with E-state index in [9.17, 15) is 12.8 Å². The standard InChI is InChI=1S/C12H17BrFN3O2S/c13-10-1-2-11(14)12(9-10)20(18,19)16-5-8-17-6-3-15-4-7-17/h1-2,9,15-16H,3-8H2. The second kappa shape index (κ2) is 6.95. The SMILES string of the molecule is O=S(=O)(NCCN1CCNCC1)c1cc(Br)ccc1F. The highest BCUT2D eigenvalue weighted by Crippen LogP contribution is 2.19. The maximum Gasteiger partial charge on any atom is 0.243 e. The number of nitrogens with zero attached hydrogens (tertiary/aromatic N) is 1. The van der Waals surface area contributed by atoms with Crippen molar-refractivity contribution < 1.29 is 12.8 Å². The van der Waals surface area contributed by atoms with E-state index < -0.39 is 15.8 Å². The van der Waals surface area contributed by atoms with Crippen molar-refractivity contribution >= 4 is 26.0 Å². The Morgan fingerprint density at radius 1 is 1.35 bits per heavy atom. The predicted octanol–water partition coefficient (Wildman–Crippen LogP) is 0.772. The van der Waals surface area contributed by atoms with Crippen molar-refractivity contribution in [1.29, 1.82) is 0 Å². The van der Waals surface area contributed by atoms with E-state index in [0.717, 1.165) is 32.2 Å². The van der Waals surface area contributed by atoms with Crippen molar-refractivity contribution in [1.82, 2.24) is 14.9 Å². The summed E-state index contributed by atoms with van der Waals surface area (Å²) in [5, 5.41) is 3.23. The first-order valence-corrected chi connectivity index (χ1v) is 8.64. The molecule has 1 aromatic carbocycles. The topological polar surface area (TPSA) is 61.4 Å². The van der Waals surface area contributed by atoms with Crippen molar-refractivity contribution in [2.45, 2.75) is 4.90 Å². The van der Waals surface area contributed by atoms with Crippen molar-refractivity contribution in [3.05, 3.63) is 28.5 Å². The first-order chi connectivity index (χ1) is 9.49. The maximum atomic E-state index is 13.6. The van der Waals surface area contributed by atoms with Gasteiger partial charge in [-0.2, -0.15) is 0 Å². The molecule has 0 amide bonds. The van der Waals surface area contributed by atoms with Crippen LogP contribution in [0.1, 0.15) is 0 Å². The second-order valence-electron chi connectivity index (χ2n) is 4.56. The molecule has 1 heterocycles. The van der Waals surface area contributed by atoms with Crippen LogP contribution >= 0.6 is 15.9 Å². The van der Waals surface area contributed by atoms with Crippen LogP contribution in [0.25, 0.3) is 0 Å². The fourth-order valence-electron chi connectivity index (χ4n) is 2.03. The van der Waals surface area contributed by atoms with E-state index in [2.05, 4.69) is 30.9 Å². The molecule has 20 heavy (non-hydrogen) atoms. The molecule has 112 valence electrons. The van der Waals surface area contributed by atoms with E-state index in [1.807, 2.05) is 0 Å². The Morgan fingerprint density at radius 2 is 2.05 bits per heavy atom. The minimum absolute atomic E-state index is 0.272.